The minimum Gasteiger partial charge on any atom is -0.488 e. The van der Waals surface area contributed by atoms with Crippen LogP contribution in [-0.2, 0) is 24.6 Å². The second-order valence-corrected chi connectivity index (χ2v) is 9.98. The number of nitrogens with zero attached hydrogens (tertiary/aromatic N) is 3. The zero-order valence-electron chi connectivity index (χ0n) is 22.5. The van der Waals surface area contributed by atoms with E-state index in [1.165, 1.54) is 18.2 Å². The third-order valence-corrected chi connectivity index (χ3v) is 7.17. The van der Waals surface area contributed by atoms with Crippen LogP contribution < -0.4 is 14.8 Å². The fourth-order valence-corrected chi connectivity index (χ4v) is 4.87. The lowest BCUT2D eigenvalue weighted by Gasteiger charge is -2.17. The Hall–Kier alpha value is -4.98. The minimum absolute atomic E-state index is 0.0494. The standard InChI is InChI=1S/C30H25FN4O7S/c31-29-20(7-4-8-22(29)19-5-2-1-3-6-19)17-42-28-13-27(41-16-18-9-10-23-24(11-18)34-43-33-23)21(12-26(28)35(39)40)14-32-25(15-36)30(37)38/h1-13,25,32,36H,14-17H2,(H,37,38)/t25-/m1/s1. The number of aliphatic hydroxyl groups is 1. The summed E-state index contributed by atoms with van der Waals surface area (Å²) in [6.45, 7) is -1.11. The molecule has 0 radical (unpaired) electrons. The summed E-state index contributed by atoms with van der Waals surface area (Å²) in [5, 5.41) is 33.4. The van der Waals surface area contributed by atoms with E-state index in [4.69, 9.17) is 9.47 Å². The first kappa shape index (κ1) is 29.5. The first-order valence-corrected chi connectivity index (χ1v) is 13.7. The van der Waals surface area contributed by atoms with E-state index in [1.807, 2.05) is 6.07 Å². The maximum atomic E-state index is 15.4. The monoisotopic (exact) mass is 604 g/mol. The third kappa shape index (κ3) is 6.92. The lowest BCUT2D eigenvalue weighted by molar-refractivity contribution is -0.386. The Morgan fingerprint density at radius 3 is 2.47 bits per heavy atom. The lowest BCUT2D eigenvalue weighted by Crippen LogP contribution is -2.39. The van der Waals surface area contributed by atoms with Crippen molar-refractivity contribution in [3.63, 3.8) is 0 Å². The number of nitro groups is 1. The number of nitro benzene ring substituents is 1. The lowest BCUT2D eigenvalue weighted by atomic mass is 10.0. The molecule has 1 aromatic heterocycles. The van der Waals surface area contributed by atoms with Crippen molar-refractivity contribution in [1.82, 2.24) is 14.1 Å². The van der Waals surface area contributed by atoms with Gasteiger partial charge in [-0.15, -0.1) is 0 Å². The van der Waals surface area contributed by atoms with E-state index in [1.54, 1.807) is 54.6 Å². The molecule has 0 amide bonds. The quantitative estimate of drug-likeness (QED) is 0.122. The van der Waals surface area contributed by atoms with Crippen molar-refractivity contribution < 1.29 is 33.8 Å². The van der Waals surface area contributed by atoms with Crippen LogP contribution in [0.25, 0.3) is 22.2 Å². The number of fused-ring (bicyclic) bond motifs is 1. The molecule has 0 spiro atoms. The normalized spacial score (nSPS) is 11.8. The van der Waals surface area contributed by atoms with Crippen LogP contribution in [0, 0.1) is 15.9 Å². The van der Waals surface area contributed by atoms with Gasteiger partial charge in [0.05, 0.1) is 23.3 Å². The SMILES string of the molecule is O=C(O)[C@@H](CO)NCc1cc([N+](=O)[O-])c(OCc2cccc(-c3ccccc3)c2F)cc1OCc1ccc2nsnc2c1. The molecule has 4 aromatic carbocycles. The maximum Gasteiger partial charge on any atom is 0.323 e. The van der Waals surface area contributed by atoms with E-state index in [9.17, 15) is 25.1 Å². The zero-order valence-corrected chi connectivity index (χ0v) is 23.3. The molecule has 5 rings (SSSR count). The molecule has 0 aliphatic carbocycles. The Morgan fingerprint density at radius 2 is 1.72 bits per heavy atom. The van der Waals surface area contributed by atoms with Gasteiger partial charge in [-0.3, -0.25) is 20.2 Å². The summed E-state index contributed by atoms with van der Waals surface area (Å²) in [4.78, 5) is 22.8. The molecule has 0 saturated heterocycles. The molecule has 0 aliphatic heterocycles. The molecular weight excluding hydrogens is 579 g/mol. The summed E-state index contributed by atoms with van der Waals surface area (Å²) in [6.07, 6.45) is 0. The number of benzene rings is 4. The number of hydrogen-bond acceptors (Lipinski definition) is 10. The number of carboxylic acid groups (broad SMARTS) is 1. The number of carbonyl (C=O) groups is 1. The molecule has 0 saturated carbocycles. The van der Waals surface area contributed by atoms with Gasteiger partial charge in [0, 0.05) is 35.4 Å². The van der Waals surface area contributed by atoms with E-state index in [-0.39, 0.29) is 42.4 Å². The van der Waals surface area contributed by atoms with Crippen LogP contribution in [0.15, 0.2) is 78.9 Å². The zero-order chi connectivity index (χ0) is 30.3. The molecule has 5 aromatic rings. The number of aliphatic hydroxyl groups excluding tert-OH is 1. The predicted molar refractivity (Wildman–Crippen MR) is 156 cm³/mol. The highest BCUT2D eigenvalue weighted by Gasteiger charge is 2.23. The molecule has 0 fully saturated rings. The largest absolute Gasteiger partial charge is 0.488 e. The Kier molecular flexibility index (Phi) is 9.15. The van der Waals surface area contributed by atoms with Gasteiger partial charge in [0.2, 0.25) is 5.75 Å². The predicted octanol–water partition coefficient (Wildman–Crippen LogP) is 5.10. The molecule has 0 aliphatic rings. The topological polar surface area (TPSA) is 157 Å². The maximum absolute atomic E-state index is 15.4. The second kappa shape index (κ2) is 13.3. The van der Waals surface area contributed by atoms with E-state index >= 15 is 4.39 Å². The summed E-state index contributed by atoms with van der Waals surface area (Å²) in [7, 11) is 0. The van der Waals surface area contributed by atoms with Crippen LogP contribution in [0.4, 0.5) is 10.1 Å². The molecule has 13 heteroatoms. The Labute approximate surface area is 248 Å². The van der Waals surface area contributed by atoms with Crippen LogP contribution >= 0.6 is 11.7 Å². The third-order valence-electron chi connectivity index (χ3n) is 6.62. The van der Waals surface area contributed by atoms with Crippen LogP contribution in [0.2, 0.25) is 0 Å². The van der Waals surface area contributed by atoms with Gasteiger partial charge < -0.3 is 19.7 Å². The minimum atomic E-state index is -1.30. The Bertz CT molecular complexity index is 1770. The smallest absolute Gasteiger partial charge is 0.323 e. The van der Waals surface area contributed by atoms with E-state index in [0.29, 0.717) is 16.6 Å². The molecule has 1 heterocycles. The van der Waals surface area contributed by atoms with Crippen molar-refractivity contribution in [3.05, 3.63) is 111 Å². The van der Waals surface area contributed by atoms with Gasteiger partial charge in [-0.2, -0.15) is 8.75 Å². The van der Waals surface area contributed by atoms with Gasteiger partial charge in [-0.05, 0) is 23.3 Å². The highest BCUT2D eigenvalue weighted by Crippen LogP contribution is 2.36. The molecule has 0 unspecified atom stereocenters. The van der Waals surface area contributed by atoms with Gasteiger partial charge in [0.1, 0.15) is 41.9 Å². The van der Waals surface area contributed by atoms with Gasteiger partial charge in [-0.1, -0.05) is 54.6 Å². The van der Waals surface area contributed by atoms with Crippen LogP contribution in [0.3, 0.4) is 0 Å². The van der Waals surface area contributed by atoms with Gasteiger partial charge in [0.25, 0.3) is 0 Å². The van der Waals surface area contributed by atoms with Crippen LogP contribution in [-0.4, -0.2) is 42.5 Å². The highest BCUT2D eigenvalue weighted by atomic mass is 32.1. The van der Waals surface area contributed by atoms with Gasteiger partial charge in [-0.25, -0.2) is 4.39 Å². The number of carboxylic acids is 1. The summed E-state index contributed by atoms with van der Waals surface area (Å²) in [6, 6.07) is 20.4. The number of nitrogens with one attached hydrogen (secondary N) is 1. The number of rotatable bonds is 13. The molecular formula is C30H25FN4O7S. The van der Waals surface area contributed by atoms with Crippen LogP contribution in [0.1, 0.15) is 16.7 Å². The van der Waals surface area contributed by atoms with Crippen molar-refractivity contribution in [2.75, 3.05) is 6.61 Å². The van der Waals surface area contributed by atoms with Gasteiger partial charge >= 0.3 is 11.7 Å². The summed E-state index contributed by atoms with van der Waals surface area (Å²) in [5.74, 6) is -1.79. The van der Waals surface area contributed by atoms with Crippen molar-refractivity contribution in [2.24, 2.45) is 0 Å². The summed E-state index contributed by atoms with van der Waals surface area (Å²) < 4.78 is 35.6. The Balaban J connectivity index is 1.44. The van der Waals surface area contributed by atoms with Crippen molar-refractivity contribution in [3.8, 4) is 22.6 Å². The fourth-order valence-electron chi connectivity index (χ4n) is 4.35. The Morgan fingerprint density at radius 1 is 0.953 bits per heavy atom. The number of halogens is 1. The average Bonchev–Trinajstić information content (AvgIpc) is 3.48. The molecule has 220 valence electrons. The van der Waals surface area contributed by atoms with Crippen molar-refractivity contribution >= 4 is 34.4 Å². The van der Waals surface area contributed by atoms with Gasteiger partial charge in [0.15, 0.2) is 0 Å². The number of ether oxygens (including phenoxy) is 2. The molecule has 43 heavy (non-hydrogen) atoms. The van der Waals surface area contributed by atoms with Crippen LogP contribution in [0.5, 0.6) is 11.5 Å². The average molecular weight is 605 g/mol. The summed E-state index contributed by atoms with van der Waals surface area (Å²) >= 11 is 1.08. The highest BCUT2D eigenvalue weighted by molar-refractivity contribution is 7.00. The van der Waals surface area contributed by atoms with E-state index in [0.717, 1.165) is 22.8 Å². The fraction of sp³-hybridized carbons (Fsp3) is 0.167. The first-order valence-electron chi connectivity index (χ1n) is 13.0. The van der Waals surface area contributed by atoms with E-state index < -0.39 is 35.0 Å². The molecule has 3 N–H and O–H groups in total. The second-order valence-electron chi connectivity index (χ2n) is 9.45. The van der Waals surface area contributed by atoms with Crippen molar-refractivity contribution in [1.29, 1.82) is 0 Å². The number of aliphatic carboxylic acids is 1. The molecule has 1 atom stereocenters. The number of hydrogen-bond donors (Lipinski definition) is 3. The molecule has 11 nitrogen and oxygen atoms in total. The summed E-state index contributed by atoms with van der Waals surface area (Å²) in [5.41, 5.74) is 3.24. The first-order chi connectivity index (χ1) is 20.8. The van der Waals surface area contributed by atoms with Crippen molar-refractivity contribution in [2.45, 2.75) is 25.8 Å². The van der Waals surface area contributed by atoms with E-state index in [2.05, 4.69) is 14.1 Å². The molecule has 0 bridgehead atoms. The number of aromatic nitrogens is 2.